The number of aromatic nitrogens is 2. The quantitative estimate of drug-likeness (QED) is 0.750. The van der Waals surface area contributed by atoms with Crippen LogP contribution in [0.3, 0.4) is 0 Å². The van der Waals surface area contributed by atoms with E-state index in [1.54, 1.807) is 0 Å². The standard InChI is InChI=1S/C19H19N3O/c1-4-13-5-7-14(8-6-13)19(23)18-16(20)15-10-11(2)9-12(3)17(15)21-22-18/h5-10H,4H2,1-3H3,(H2,20,21). The van der Waals surface area contributed by atoms with E-state index in [1.165, 1.54) is 5.56 Å². The third-order valence-electron chi connectivity index (χ3n) is 4.08. The maximum atomic E-state index is 12.7. The SMILES string of the molecule is CCc1ccc(C(=O)c2nnc3c(C)cc(C)cc3c2N)cc1. The van der Waals surface area contributed by atoms with Gasteiger partial charge >= 0.3 is 0 Å². The molecule has 0 bridgehead atoms. The van der Waals surface area contributed by atoms with Crippen molar-refractivity contribution in [2.24, 2.45) is 0 Å². The van der Waals surface area contributed by atoms with Crippen LogP contribution in [-0.4, -0.2) is 16.0 Å². The Labute approximate surface area is 135 Å². The van der Waals surface area contributed by atoms with E-state index in [1.807, 2.05) is 50.2 Å². The second kappa shape index (κ2) is 5.80. The Hall–Kier alpha value is -2.75. The van der Waals surface area contributed by atoms with Gasteiger partial charge in [-0.05, 0) is 37.5 Å². The smallest absolute Gasteiger partial charge is 0.215 e. The van der Waals surface area contributed by atoms with Crippen LogP contribution in [0.15, 0.2) is 36.4 Å². The number of benzene rings is 2. The van der Waals surface area contributed by atoms with Crippen LogP contribution in [0.4, 0.5) is 5.69 Å². The molecule has 2 N–H and O–H groups in total. The summed E-state index contributed by atoms with van der Waals surface area (Å²) in [6, 6.07) is 11.5. The number of nitrogen functional groups attached to an aromatic ring is 1. The molecule has 4 heteroatoms. The lowest BCUT2D eigenvalue weighted by Gasteiger charge is -2.09. The van der Waals surface area contributed by atoms with Crippen molar-refractivity contribution in [1.29, 1.82) is 0 Å². The number of ketones is 1. The zero-order valence-corrected chi connectivity index (χ0v) is 13.6. The molecule has 0 radical (unpaired) electrons. The Morgan fingerprint density at radius 2 is 1.78 bits per heavy atom. The number of hydrogen-bond donors (Lipinski definition) is 1. The van der Waals surface area contributed by atoms with Gasteiger partial charge in [-0.2, -0.15) is 0 Å². The molecule has 0 unspecified atom stereocenters. The molecule has 4 nitrogen and oxygen atoms in total. The lowest BCUT2D eigenvalue weighted by molar-refractivity contribution is 0.103. The average Bonchev–Trinajstić information content (AvgIpc) is 2.55. The first kappa shape index (κ1) is 15.2. The van der Waals surface area contributed by atoms with Gasteiger partial charge < -0.3 is 5.73 Å². The molecular formula is C19H19N3O. The molecule has 1 heterocycles. The molecule has 2 aromatic carbocycles. The predicted octanol–water partition coefficient (Wildman–Crippen LogP) is 3.62. The molecule has 0 saturated heterocycles. The van der Waals surface area contributed by atoms with E-state index < -0.39 is 0 Å². The summed E-state index contributed by atoms with van der Waals surface area (Å²) in [5.74, 6) is -0.196. The summed E-state index contributed by atoms with van der Waals surface area (Å²) in [4.78, 5) is 12.7. The Bertz CT molecular complexity index is 899. The lowest BCUT2D eigenvalue weighted by atomic mass is 10.0. The number of carbonyl (C=O) groups is 1. The first-order valence-corrected chi connectivity index (χ1v) is 7.68. The largest absolute Gasteiger partial charge is 0.396 e. The summed E-state index contributed by atoms with van der Waals surface area (Å²) >= 11 is 0. The fraction of sp³-hybridized carbons (Fsp3) is 0.211. The van der Waals surface area contributed by atoms with Crippen molar-refractivity contribution in [2.45, 2.75) is 27.2 Å². The van der Waals surface area contributed by atoms with Crippen molar-refractivity contribution < 1.29 is 4.79 Å². The molecular weight excluding hydrogens is 286 g/mol. The number of nitrogens with two attached hydrogens (primary N) is 1. The van der Waals surface area contributed by atoms with E-state index in [0.717, 1.165) is 28.5 Å². The van der Waals surface area contributed by atoms with E-state index in [0.29, 0.717) is 11.3 Å². The first-order chi connectivity index (χ1) is 11.0. The fourth-order valence-electron chi connectivity index (χ4n) is 2.78. The van der Waals surface area contributed by atoms with Crippen LogP contribution in [0.1, 0.15) is 39.7 Å². The summed E-state index contributed by atoms with van der Waals surface area (Å²) in [5.41, 5.74) is 11.4. The topological polar surface area (TPSA) is 68.9 Å². The number of carbonyl (C=O) groups excluding carboxylic acids is 1. The van der Waals surface area contributed by atoms with Crippen LogP contribution in [0.2, 0.25) is 0 Å². The highest BCUT2D eigenvalue weighted by Gasteiger charge is 2.18. The van der Waals surface area contributed by atoms with Gasteiger partial charge in [0, 0.05) is 10.9 Å². The zero-order valence-electron chi connectivity index (χ0n) is 13.6. The van der Waals surface area contributed by atoms with Crippen LogP contribution < -0.4 is 5.73 Å². The second-order valence-electron chi connectivity index (χ2n) is 5.82. The van der Waals surface area contributed by atoms with Gasteiger partial charge in [0.1, 0.15) is 0 Å². The van der Waals surface area contributed by atoms with E-state index in [2.05, 4.69) is 17.1 Å². The number of hydrogen-bond acceptors (Lipinski definition) is 4. The van der Waals surface area contributed by atoms with Crippen molar-refractivity contribution >= 4 is 22.4 Å². The molecule has 0 amide bonds. The number of aryl methyl sites for hydroxylation is 3. The number of rotatable bonds is 3. The van der Waals surface area contributed by atoms with Crippen molar-refractivity contribution in [2.75, 3.05) is 5.73 Å². The van der Waals surface area contributed by atoms with Gasteiger partial charge in [0.25, 0.3) is 0 Å². The van der Waals surface area contributed by atoms with E-state index in [4.69, 9.17) is 5.73 Å². The van der Waals surface area contributed by atoms with Gasteiger partial charge in [-0.25, -0.2) is 0 Å². The molecule has 0 aliphatic rings. The molecule has 116 valence electrons. The third kappa shape index (κ3) is 2.68. The molecule has 3 aromatic rings. The highest BCUT2D eigenvalue weighted by atomic mass is 16.1. The highest BCUT2D eigenvalue weighted by Crippen LogP contribution is 2.26. The molecule has 0 aliphatic heterocycles. The van der Waals surface area contributed by atoms with Crippen LogP contribution in [0.25, 0.3) is 10.9 Å². The molecule has 0 atom stereocenters. The average molecular weight is 305 g/mol. The van der Waals surface area contributed by atoms with Crippen LogP contribution in [-0.2, 0) is 6.42 Å². The van der Waals surface area contributed by atoms with Crippen LogP contribution in [0, 0.1) is 13.8 Å². The monoisotopic (exact) mass is 305 g/mol. The summed E-state index contributed by atoms with van der Waals surface area (Å²) in [7, 11) is 0. The maximum Gasteiger partial charge on any atom is 0.215 e. The fourth-order valence-corrected chi connectivity index (χ4v) is 2.78. The zero-order chi connectivity index (χ0) is 16.6. The number of nitrogens with zero attached hydrogens (tertiary/aromatic N) is 2. The summed E-state index contributed by atoms with van der Waals surface area (Å²) in [6.07, 6.45) is 0.935. The highest BCUT2D eigenvalue weighted by molar-refractivity contribution is 6.14. The van der Waals surface area contributed by atoms with Crippen LogP contribution in [0.5, 0.6) is 0 Å². The number of anilines is 1. The van der Waals surface area contributed by atoms with E-state index >= 15 is 0 Å². The van der Waals surface area contributed by atoms with Gasteiger partial charge in [-0.3, -0.25) is 4.79 Å². The minimum absolute atomic E-state index is 0.196. The molecule has 23 heavy (non-hydrogen) atoms. The summed E-state index contributed by atoms with van der Waals surface area (Å²) in [6.45, 7) is 6.04. The van der Waals surface area contributed by atoms with Crippen molar-refractivity contribution in [3.63, 3.8) is 0 Å². The third-order valence-corrected chi connectivity index (χ3v) is 4.08. The van der Waals surface area contributed by atoms with E-state index in [9.17, 15) is 4.79 Å². The van der Waals surface area contributed by atoms with Crippen LogP contribution >= 0.6 is 0 Å². The Morgan fingerprint density at radius 3 is 2.43 bits per heavy atom. The maximum absolute atomic E-state index is 12.7. The summed E-state index contributed by atoms with van der Waals surface area (Å²) < 4.78 is 0. The molecule has 0 fully saturated rings. The van der Waals surface area contributed by atoms with Crippen molar-refractivity contribution in [3.8, 4) is 0 Å². The van der Waals surface area contributed by atoms with Crippen molar-refractivity contribution in [1.82, 2.24) is 10.2 Å². The minimum atomic E-state index is -0.196. The molecule has 1 aromatic heterocycles. The Morgan fingerprint density at radius 1 is 1.09 bits per heavy atom. The van der Waals surface area contributed by atoms with Gasteiger partial charge in [-0.15, -0.1) is 10.2 Å². The lowest BCUT2D eigenvalue weighted by Crippen LogP contribution is -2.10. The Kier molecular flexibility index (Phi) is 3.82. The number of fused-ring (bicyclic) bond motifs is 1. The minimum Gasteiger partial charge on any atom is -0.396 e. The summed E-state index contributed by atoms with van der Waals surface area (Å²) in [5, 5.41) is 9.09. The van der Waals surface area contributed by atoms with E-state index in [-0.39, 0.29) is 11.5 Å². The predicted molar refractivity (Wildman–Crippen MR) is 92.7 cm³/mol. The molecule has 0 aliphatic carbocycles. The molecule has 0 spiro atoms. The Balaban J connectivity index is 2.12. The van der Waals surface area contributed by atoms with Gasteiger partial charge in [0.2, 0.25) is 5.78 Å². The first-order valence-electron chi connectivity index (χ1n) is 7.68. The molecule has 0 saturated carbocycles. The normalized spacial score (nSPS) is 10.9. The van der Waals surface area contributed by atoms with Gasteiger partial charge in [0.15, 0.2) is 5.69 Å². The van der Waals surface area contributed by atoms with Gasteiger partial charge in [-0.1, -0.05) is 42.8 Å². The van der Waals surface area contributed by atoms with Crippen molar-refractivity contribution in [3.05, 3.63) is 64.3 Å². The molecule has 3 rings (SSSR count). The second-order valence-corrected chi connectivity index (χ2v) is 5.82. The van der Waals surface area contributed by atoms with Gasteiger partial charge in [0.05, 0.1) is 11.2 Å².